The van der Waals surface area contributed by atoms with E-state index in [-0.39, 0.29) is 5.82 Å². The summed E-state index contributed by atoms with van der Waals surface area (Å²) in [5.74, 6) is 2.07. The Hall–Kier alpha value is -1.62. The van der Waals surface area contributed by atoms with Crippen molar-refractivity contribution in [3.8, 4) is 0 Å². The predicted molar refractivity (Wildman–Crippen MR) is 86.2 cm³/mol. The molecule has 0 aliphatic carbocycles. The van der Waals surface area contributed by atoms with E-state index < -0.39 is 0 Å². The van der Waals surface area contributed by atoms with Crippen molar-refractivity contribution < 1.29 is 4.39 Å². The molecule has 0 amide bonds. The number of benzene rings is 1. The Morgan fingerprint density at radius 2 is 2.05 bits per heavy atom. The fourth-order valence-electron chi connectivity index (χ4n) is 1.98. The molecule has 2 aromatic rings. The Kier molecular flexibility index (Phi) is 5.99. The molecule has 0 saturated heterocycles. The molecular formula is C16H20FN3S. The Balaban J connectivity index is 2.10. The van der Waals surface area contributed by atoms with E-state index in [1.54, 1.807) is 17.8 Å². The third-order valence-electron chi connectivity index (χ3n) is 2.85. The molecule has 112 valence electrons. The fraction of sp³-hybridized carbons (Fsp3) is 0.375. The van der Waals surface area contributed by atoms with E-state index in [1.807, 2.05) is 19.1 Å². The number of anilines is 1. The van der Waals surface area contributed by atoms with E-state index >= 15 is 0 Å². The first-order chi connectivity index (χ1) is 10.2. The molecule has 3 nitrogen and oxygen atoms in total. The minimum Gasteiger partial charge on any atom is -0.370 e. The van der Waals surface area contributed by atoms with Gasteiger partial charge in [-0.1, -0.05) is 19.4 Å². The fourth-order valence-corrected chi connectivity index (χ4v) is 2.77. The van der Waals surface area contributed by atoms with Crippen molar-refractivity contribution in [2.75, 3.05) is 11.9 Å². The third-order valence-corrected chi connectivity index (χ3v) is 3.84. The first kappa shape index (κ1) is 15.8. The van der Waals surface area contributed by atoms with Crippen LogP contribution < -0.4 is 5.32 Å². The first-order valence-electron chi connectivity index (χ1n) is 7.20. The summed E-state index contributed by atoms with van der Waals surface area (Å²) in [7, 11) is 0. The Bertz CT molecular complexity index is 565. The molecule has 0 fully saturated rings. The summed E-state index contributed by atoms with van der Waals surface area (Å²) in [6, 6.07) is 8.60. The van der Waals surface area contributed by atoms with Gasteiger partial charge in [0.15, 0.2) is 0 Å². The molecule has 0 unspecified atom stereocenters. The van der Waals surface area contributed by atoms with Gasteiger partial charge >= 0.3 is 0 Å². The van der Waals surface area contributed by atoms with Crippen molar-refractivity contribution in [2.24, 2.45) is 0 Å². The highest BCUT2D eigenvalue weighted by atomic mass is 32.2. The zero-order valence-electron chi connectivity index (χ0n) is 12.4. The van der Waals surface area contributed by atoms with Crippen molar-refractivity contribution in [2.45, 2.75) is 37.3 Å². The van der Waals surface area contributed by atoms with Crippen molar-refractivity contribution in [1.82, 2.24) is 9.97 Å². The summed E-state index contributed by atoms with van der Waals surface area (Å²) >= 11 is 1.55. The number of halogens is 1. The van der Waals surface area contributed by atoms with Gasteiger partial charge in [-0.3, -0.25) is 0 Å². The van der Waals surface area contributed by atoms with Gasteiger partial charge in [-0.05, 0) is 31.5 Å². The number of hydrogen-bond donors (Lipinski definition) is 1. The van der Waals surface area contributed by atoms with Crippen LogP contribution in [0.15, 0.2) is 35.2 Å². The maximum atomic E-state index is 13.2. The molecule has 0 radical (unpaired) electrons. The summed E-state index contributed by atoms with van der Waals surface area (Å²) in [6.07, 6.45) is 2.00. The maximum Gasteiger partial charge on any atom is 0.141 e. The van der Waals surface area contributed by atoms with E-state index in [2.05, 4.69) is 22.2 Å². The van der Waals surface area contributed by atoms with Crippen LogP contribution in [0.4, 0.5) is 10.2 Å². The van der Waals surface area contributed by atoms with Crippen molar-refractivity contribution in [3.05, 3.63) is 47.7 Å². The number of nitrogens with zero attached hydrogens (tertiary/aromatic N) is 2. The van der Waals surface area contributed by atoms with E-state index in [4.69, 9.17) is 0 Å². The molecule has 0 aliphatic heterocycles. The summed E-state index contributed by atoms with van der Waals surface area (Å²) in [5.41, 5.74) is 1.05. The number of aromatic nitrogens is 2. The average molecular weight is 305 g/mol. The first-order valence-corrected chi connectivity index (χ1v) is 8.19. The topological polar surface area (TPSA) is 37.8 Å². The Morgan fingerprint density at radius 3 is 2.76 bits per heavy atom. The molecule has 1 aromatic heterocycles. The highest BCUT2D eigenvalue weighted by Gasteiger charge is 2.05. The van der Waals surface area contributed by atoms with Crippen LogP contribution in [0.25, 0.3) is 0 Å². The van der Waals surface area contributed by atoms with Gasteiger partial charge in [0.05, 0.1) is 5.75 Å². The van der Waals surface area contributed by atoms with E-state index in [0.29, 0.717) is 5.75 Å². The van der Waals surface area contributed by atoms with Gasteiger partial charge in [-0.2, -0.15) is 0 Å². The van der Waals surface area contributed by atoms with Crippen LogP contribution >= 0.6 is 11.8 Å². The molecule has 21 heavy (non-hydrogen) atoms. The number of hydrogen-bond acceptors (Lipinski definition) is 4. The van der Waals surface area contributed by atoms with E-state index in [1.165, 1.54) is 12.1 Å². The normalized spacial score (nSPS) is 10.6. The predicted octanol–water partition coefficient (Wildman–Crippen LogP) is 4.29. The number of thioether (sulfide) groups is 1. The highest BCUT2D eigenvalue weighted by molar-refractivity contribution is 7.98. The Morgan fingerprint density at radius 1 is 1.19 bits per heavy atom. The second-order valence-corrected chi connectivity index (χ2v) is 5.74. The second kappa shape index (κ2) is 7.98. The third kappa shape index (κ3) is 5.01. The zero-order valence-corrected chi connectivity index (χ0v) is 13.2. The number of aryl methyl sites for hydroxylation is 1. The van der Waals surface area contributed by atoms with E-state index in [0.717, 1.165) is 41.6 Å². The van der Waals surface area contributed by atoms with Gasteiger partial charge < -0.3 is 5.32 Å². The molecule has 0 atom stereocenters. The molecule has 1 heterocycles. The smallest absolute Gasteiger partial charge is 0.141 e. The SMILES string of the molecule is CCCc1cc(NCC)nc(CSc2cccc(F)c2)n1. The van der Waals surface area contributed by atoms with Crippen LogP contribution in [0.1, 0.15) is 31.8 Å². The lowest BCUT2D eigenvalue weighted by Gasteiger charge is -2.08. The van der Waals surface area contributed by atoms with Gasteiger partial charge in [0.2, 0.25) is 0 Å². The van der Waals surface area contributed by atoms with Gasteiger partial charge in [0, 0.05) is 23.2 Å². The van der Waals surface area contributed by atoms with Gasteiger partial charge in [-0.25, -0.2) is 14.4 Å². The number of rotatable bonds is 7. The van der Waals surface area contributed by atoms with Crippen molar-refractivity contribution in [3.63, 3.8) is 0 Å². The van der Waals surface area contributed by atoms with Gasteiger partial charge in [0.25, 0.3) is 0 Å². The van der Waals surface area contributed by atoms with Crippen LogP contribution in [0, 0.1) is 5.82 Å². The lowest BCUT2D eigenvalue weighted by Crippen LogP contribution is -2.05. The quantitative estimate of drug-likeness (QED) is 0.774. The lowest BCUT2D eigenvalue weighted by atomic mass is 10.2. The van der Waals surface area contributed by atoms with Crippen molar-refractivity contribution >= 4 is 17.6 Å². The molecule has 1 aromatic carbocycles. The van der Waals surface area contributed by atoms with Crippen LogP contribution in [-0.4, -0.2) is 16.5 Å². The molecule has 0 aliphatic rings. The summed E-state index contributed by atoms with van der Waals surface area (Å²) in [4.78, 5) is 9.98. The molecular weight excluding hydrogens is 285 g/mol. The lowest BCUT2D eigenvalue weighted by molar-refractivity contribution is 0.624. The molecule has 0 saturated carbocycles. The average Bonchev–Trinajstić information content (AvgIpc) is 2.46. The highest BCUT2D eigenvalue weighted by Crippen LogP contribution is 2.22. The molecule has 2 rings (SSSR count). The van der Waals surface area contributed by atoms with Crippen LogP contribution in [0.3, 0.4) is 0 Å². The van der Waals surface area contributed by atoms with Gasteiger partial charge in [-0.15, -0.1) is 11.8 Å². The van der Waals surface area contributed by atoms with Crippen LogP contribution in [0.5, 0.6) is 0 Å². The largest absolute Gasteiger partial charge is 0.370 e. The maximum absolute atomic E-state index is 13.2. The number of nitrogens with one attached hydrogen (secondary N) is 1. The minimum atomic E-state index is -0.214. The molecule has 5 heteroatoms. The molecule has 0 bridgehead atoms. The monoisotopic (exact) mass is 305 g/mol. The standard InChI is InChI=1S/C16H20FN3S/c1-3-6-13-10-15(18-4-2)20-16(19-13)11-21-14-8-5-7-12(17)9-14/h5,7-10H,3-4,6,11H2,1-2H3,(H,18,19,20). The summed E-state index contributed by atoms with van der Waals surface area (Å²) in [5, 5.41) is 3.23. The summed E-state index contributed by atoms with van der Waals surface area (Å²) in [6.45, 7) is 5.01. The van der Waals surface area contributed by atoms with E-state index in [9.17, 15) is 4.39 Å². The van der Waals surface area contributed by atoms with Crippen molar-refractivity contribution in [1.29, 1.82) is 0 Å². The van der Waals surface area contributed by atoms with Crippen LogP contribution in [0.2, 0.25) is 0 Å². The molecule has 0 spiro atoms. The minimum absolute atomic E-state index is 0.214. The Labute approximate surface area is 129 Å². The second-order valence-electron chi connectivity index (χ2n) is 4.69. The van der Waals surface area contributed by atoms with Gasteiger partial charge in [0.1, 0.15) is 17.5 Å². The zero-order chi connectivity index (χ0) is 15.1. The summed E-state index contributed by atoms with van der Waals surface area (Å²) < 4.78 is 13.2. The molecule has 1 N–H and O–H groups in total. The van der Waals surface area contributed by atoms with Crippen LogP contribution in [-0.2, 0) is 12.2 Å².